The Kier molecular flexibility index (Phi) is 6.66. The number of nitrogens with one attached hydrogen (secondary N) is 1. The maximum Gasteiger partial charge on any atom is 0.234 e. The molecule has 3 aromatic rings. The highest BCUT2D eigenvalue weighted by atomic mass is 35.5. The molecule has 0 fully saturated rings. The van der Waals surface area contributed by atoms with Gasteiger partial charge in [-0.2, -0.15) is 0 Å². The summed E-state index contributed by atoms with van der Waals surface area (Å²) in [5.41, 5.74) is 1.91. The summed E-state index contributed by atoms with van der Waals surface area (Å²) in [5.74, 6) is 1.14. The largest absolute Gasteiger partial charge is 0.329 e. The Morgan fingerprint density at radius 1 is 1.23 bits per heavy atom. The monoisotopic (exact) mass is 403 g/mol. The third-order valence-corrected chi connectivity index (χ3v) is 5.84. The quantitative estimate of drug-likeness (QED) is 0.596. The van der Waals surface area contributed by atoms with Crippen LogP contribution in [0.25, 0.3) is 0 Å². The average molecular weight is 404 g/mol. The first-order chi connectivity index (χ1) is 12.6. The number of nitrogens with zero attached hydrogens (tertiary/aromatic N) is 2. The average Bonchev–Trinajstić information content (AvgIpc) is 3.01. The van der Waals surface area contributed by atoms with E-state index in [1.807, 2.05) is 66.3 Å². The smallest absolute Gasteiger partial charge is 0.234 e. The van der Waals surface area contributed by atoms with E-state index in [-0.39, 0.29) is 5.91 Å². The van der Waals surface area contributed by atoms with Crippen molar-refractivity contribution in [3.63, 3.8) is 0 Å². The number of thioether (sulfide) groups is 1. The van der Waals surface area contributed by atoms with Crippen LogP contribution in [-0.4, -0.2) is 21.2 Å². The third kappa shape index (κ3) is 5.56. The number of hydrogen-bond donors (Lipinski definition) is 1. The molecule has 1 aromatic heterocycles. The molecule has 7 heteroatoms. The number of carbonyl (C=O) groups excluding carboxylic acids is 1. The molecule has 0 bridgehead atoms. The lowest BCUT2D eigenvalue weighted by atomic mass is 10.2. The van der Waals surface area contributed by atoms with Crippen molar-refractivity contribution in [3.8, 4) is 0 Å². The van der Waals surface area contributed by atoms with E-state index in [4.69, 9.17) is 11.6 Å². The van der Waals surface area contributed by atoms with Crippen molar-refractivity contribution >= 4 is 46.7 Å². The van der Waals surface area contributed by atoms with Crippen molar-refractivity contribution < 1.29 is 4.79 Å². The van der Waals surface area contributed by atoms with Gasteiger partial charge in [-0.15, -0.1) is 11.8 Å². The number of amides is 1. The lowest BCUT2D eigenvalue weighted by molar-refractivity contribution is -0.113. The number of aromatic nitrogens is 2. The molecule has 0 unspecified atom stereocenters. The summed E-state index contributed by atoms with van der Waals surface area (Å²) < 4.78 is 1.97. The first-order valence-electron chi connectivity index (χ1n) is 7.97. The minimum absolute atomic E-state index is 0.0125. The molecule has 1 heterocycles. The maximum absolute atomic E-state index is 12.1. The number of aryl methyl sites for hydroxylation is 1. The number of anilines is 1. The van der Waals surface area contributed by atoms with Gasteiger partial charge in [0.15, 0.2) is 5.16 Å². The third-order valence-electron chi connectivity index (χ3n) is 3.52. The molecular formula is C19H18ClN3OS2. The fourth-order valence-electron chi connectivity index (χ4n) is 2.25. The number of hydrogen-bond acceptors (Lipinski definition) is 4. The normalized spacial score (nSPS) is 10.7. The second-order valence-electron chi connectivity index (χ2n) is 5.62. The molecule has 0 atom stereocenters. The van der Waals surface area contributed by atoms with Crippen LogP contribution >= 0.6 is 35.1 Å². The molecule has 1 N–H and O–H groups in total. The van der Waals surface area contributed by atoms with Gasteiger partial charge < -0.3 is 9.88 Å². The Hall–Kier alpha value is -1.89. The number of halogens is 1. The summed E-state index contributed by atoms with van der Waals surface area (Å²) in [7, 11) is 1.96. The Morgan fingerprint density at radius 2 is 2.04 bits per heavy atom. The van der Waals surface area contributed by atoms with Crippen LogP contribution in [-0.2, 0) is 17.6 Å². The van der Waals surface area contributed by atoms with Crippen LogP contribution in [0.5, 0.6) is 0 Å². The van der Waals surface area contributed by atoms with E-state index in [9.17, 15) is 4.79 Å². The van der Waals surface area contributed by atoms with Gasteiger partial charge in [-0.05, 0) is 42.0 Å². The summed E-state index contributed by atoms with van der Waals surface area (Å²) in [4.78, 5) is 17.4. The topological polar surface area (TPSA) is 46.9 Å². The zero-order chi connectivity index (χ0) is 18.4. The predicted octanol–water partition coefficient (Wildman–Crippen LogP) is 5.10. The molecule has 0 radical (unpaired) electrons. The van der Waals surface area contributed by atoms with Crippen molar-refractivity contribution in [1.82, 2.24) is 9.55 Å². The van der Waals surface area contributed by atoms with Gasteiger partial charge in [-0.25, -0.2) is 4.98 Å². The van der Waals surface area contributed by atoms with Crippen LogP contribution in [0.3, 0.4) is 0 Å². The van der Waals surface area contributed by atoms with Gasteiger partial charge in [0.05, 0.1) is 5.75 Å². The van der Waals surface area contributed by atoms with Gasteiger partial charge in [0.2, 0.25) is 5.91 Å². The van der Waals surface area contributed by atoms with Crippen molar-refractivity contribution in [1.29, 1.82) is 0 Å². The Bertz CT molecular complexity index is 881. The molecule has 1 amide bonds. The standard InChI is InChI=1S/C19H18ClN3OS2/c1-23-10-9-21-19(23)26-17-7-5-16(6-8-17)22-18(24)13-25-12-14-3-2-4-15(20)11-14/h2-11H,12-13H2,1H3,(H,22,24). The molecule has 2 aromatic carbocycles. The van der Waals surface area contributed by atoms with E-state index in [0.29, 0.717) is 5.75 Å². The van der Waals surface area contributed by atoms with Gasteiger partial charge in [0.1, 0.15) is 0 Å². The van der Waals surface area contributed by atoms with Gasteiger partial charge >= 0.3 is 0 Å². The Labute approximate surface area is 166 Å². The van der Waals surface area contributed by atoms with Crippen LogP contribution in [0, 0.1) is 0 Å². The second-order valence-corrected chi connectivity index (χ2v) is 8.08. The first kappa shape index (κ1) is 18.9. The van der Waals surface area contributed by atoms with Crippen LogP contribution in [0.15, 0.2) is 71.0 Å². The van der Waals surface area contributed by atoms with Gasteiger partial charge in [-0.1, -0.05) is 35.5 Å². The summed E-state index contributed by atoms with van der Waals surface area (Å²) in [6.45, 7) is 0. The summed E-state index contributed by atoms with van der Waals surface area (Å²) >= 11 is 9.11. The summed E-state index contributed by atoms with van der Waals surface area (Å²) in [6, 6.07) is 15.5. The van der Waals surface area contributed by atoms with E-state index < -0.39 is 0 Å². The fraction of sp³-hybridized carbons (Fsp3) is 0.158. The summed E-state index contributed by atoms with van der Waals surface area (Å²) in [5, 5.41) is 4.57. The highest BCUT2D eigenvalue weighted by molar-refractivity contribution is 7.99. The van der Waals surface area contributed by atoms with Crippen molar-refractivity contribution in [2.45, 2.75) is 15.8 Å². The van der Waals surface area contributed by atoms with Gasteiger partial charge in [0, 0.05) is 40.8 Å². The molecule has 134 valence electrons. The van der Waals surface area contributed by atoms with Crippen LogP contribution in [0.4, 0.5) is 5.69 Å². The van der Waals surface area contributed by atoms with Crippen molar-refractivity contribution in [2.24, 2.45) is 7.05 Å². The molecule has 0 aliphatic heterocycles. The van der Waals surface area contributed by atoms with Crippen molar-refractivity contribution in [2.75, 3.05) is 11.1 Å². The lowest BCUT2D eigenvalue weighted by Crippen LogP contribution is -2.14. The van der Waals surface area contributed by atoms with E-state index in [0.717, 1.165) is 32.1 Å². The summed E-state index contributed by atoms with van der Waals surface area (Å²) in [6.07, 6.45) is 3.69. The molecule has 0 aliphatic carbocycles. The molecule has 0 saturated heterocycles. The Balaban J connectivity index is 1.46. The molecule has 0 saturated carbocycles. The predicted molar refractivity (Wildman–Crippen MR) is 110 cm³/mol. The zero-order valence-electron chi connectivity index (χ0n) is 14.2. The molecule has 4 nitrogen and oxygen atoms in total. The van der Waals surface area contributed by atoms with E-state index in [1.54, 1.807) is 29.7 Å². The highest BCUT2D eigenvalue weighted by Crippen LogP contribution is 2.26. The minimum atomic E-state index is -0.0125. The highest BCUT2D eigenvalue weighted by Gasteiger charge is 2.05. The Morgan fingerprint density at radius 3 is 2.73 bits per heavy atom. The first-order valence-corrected chi connectivity index (χ1v) is 10.3. The van der Waals surface area contributed by atoms with Crippen LogP contribution in [0.2, 0.25) is 5.02 Å². The molecular weight excluding hydrogens is 386 g/mol. The molecule has 26 heavy (non-hydrogen) atoms. The van der Waals surface area contributed by atoms with Crippen LogP contribution in [0.1, 0.15) is 5.56 Å². The number of rotatable bonds is 7. The number of carbonyl (C=O) groups is 1. The van der Waals surface area contributed by atoms with E-state index in [2.05, 4.69) is 10.3 Å². The van der Waals surface area contributed by atoms with Gasteiger partial charge in [0.25, 0.3) is 0 Å². The van der Waals surface area contributed by atoms with E-state index >= 15 is 0 Å². The lowest BCUT2D eigenvalue weighted by Gasteiger charge is -2.07. The van der Waals surface area contributed by atoms with Crippen LogP contribution < -0.4 is 5.32 Å². The van der Waals surface area contributed by atoms with E-state index in [1.165, 1.54) is 0 Å². The second kappa shape index (κ2) is 9.16. The fourth-order valence-corrected chi connectivity index (χ4v) is 4.04. The van der Waals surface area contributed by atoms with Crippen molar-refractivity contribution in [3.05, 3.63) is 71.5 Å². The van der Waals surface area contributed by atoms with Gasteiger partial charge in [-0.3, -0.25) is 4.79 Å². The number of imidazole rings is 1. The molecule has 0 spiro atoms. The molecule has 0 aliphatic rings. The maximum atomic E-state index is 12.1. The SMILES string of the molecule is Cn1ccnc1Sc1ccc(NC(=O)CSCc2cccc(Cl)c2)cc1. The number of benzene rings is 2. The minimum Gasteiger partial charge on any atom is -0.329 e. The zero-order valence-corrected chi connectivity index (χ0v) is 16.6. The molecule has 3 rings (SSSR count).